The van der Waals surface area contributed by atoms with Crippen molar-refractivity contribution in [2.45, 2.75) is 23.5 Å². The molecule has 0 bridgehead atoms. The molecule has 2 aromatic carbocycles. The molecule has 148 valence electrons. The number of para-hydroxylation sites is 1. The van der Waals surface area contributed by atoms with Gasteiger partial charge in [-0.15, -0.1) is 11.8 Å². The fourth-order valence-electron chi connectivity index (χ4n) is 3.31. The van der Waals surface area contributed by atoms with Crippen LogP contribution in [0.15, 0.2) is 67.6 Å². The number of fused-ring (bicyclic) bond motifs is 1. The number of aryl methyl sites for hydroxylation is 1. The van der Waals surface area contributed by atoms with Crippen molar-refractivity contribution in [1.29, 1.82) is 0 Å². The van der Waals surface area contributed by atoms with Gasteiger partial charge in [-0.3, -0.25) is 4.99 Å². The third-order valence-corrected chi connectivity index (χ3v) is 6.01. The molecular formula is C22H19NO5S. The van der Waals surface area contributed by atoms with Gasteiger partial charge in [0.1, 0.15) is 17.1 Å². The summed E-state index contributed by atoms with van der Waals surface area (Å²) < 4.78 is 10.5. The fraction of sp³-hybridized carbons (Fsp3) is 0.182. The molecule has 3 aromatic rings. The summed E-state index contributed by atoms with van der Waals surface area (Å²) in [6, 6.07) is 14.2. The van der Waals surface area contributed by atoms with Gasteiger partial charge in [0, 0.05) is 22.6 Å². The summed E-state index contributed by atoms with van der Waals surface area (Å²) in [5, 5.41) is 20.3. The molecule has 1 aliphatic heterocycles. The zero-order chi connectivity index (χ0) is 20.5. The van der Waals surface area contributed by atoms with E-state index in [0.717, 1.165) is 16.1 Å². The molecule has 0 spiro atoms. The second-order valence-corrected chi connectivity index (χ2v) is 7.92. The molecule has 1 aliphatic rings. The molecule has 0 radical (unpaired) electrons. The Morgan fingerprint density at radius 3 is 2.69 bits per heavy atom. The monoisotopic (exact) mass is 409 g/mol. The average Bonchev–Trinajstić information content (AvgIpc) is 2.87. The SMILES string of the molecule is COc1cc([C@@H]2CC(c3c(O)cc(C)oc3=O)=Nc3ccccc3S2)ccc1O. The molecule has 29 heavy (non-hydrogen) atoms. The third-order valence-electron chi connectivity index (χ3n) is 4.69. The molecule has 1 atom stereocenters. The normalized spacial score (nSPS) is 15.9. The number of thioether (sulfide) groups is 1. The summed E-state index contributed by atoms with van der Waals surface area (Å²) in [4.78, 5) is 18.2. The van der Waals surface area contributed by atoms with Crippen LogP contribution in [0, 0.1) is 6.92 Å². The zero-order valence-corrected chi connectivity index (χ0v) is 16.7. The Morgan fingerprint density at radius 1 is 1.14 bits per heavy atom. The van der Waals surface area contributed by atoms with Crippen LogP contribution in [0.5, 0.6) is 17.2 Å². The highest BCUT2D eigenvalue weighted by Crippen LogP contribution is 2.47. The van der Waals surface area contributed by atoms with Gasteiger partial charge in [-0.25, -0.2) is 4.79 Å². The Kier molecular flexibility index (Phi) is 5.07. The Balaban J connectivity index is 1.86. The lowest BCUT2D eigenvalue weighted by Crippen LogP contribution is -2.17. The molecule has 0 unspecified atom stereocenters. The molecule has 7 heteroatoms. The van der Waals surface area contributed by atoms with Crippen LogP contribution in [0.2, 0.25) is 0 Å². The Morgan fingerprint density at radius 2 is 1.93 bits per heavy atom. The predicted molar refractivity (Wildman–Crippen MR) is 112 cm³/mol. The average molecular weight is 409 g/mol. The number of phenolic OH excluding ortho intramolecular Hbond substituents is 1. The molecule has 4 rings (SSSR count). The minimum atomic E-state index is -0.618. The molecule has 0 saturated carbocycles. The van der Waals surface area contributed by atoms with E-state index in [-0.39, 0.29) is 22.3 Å². The van der Waals surface area contributed by atoms with Crippen LogP contribution in [0.25, 0.3) is 0 Å². The van der Waals surface area contributed by atoms with Crippen molar-refractivity contribution >= 4 is 23.2 Å². The van der Waals surface area contributed by atoms with E-state index < -0.39 is 5.63 Å². The van der Waals surface area contributed by atoms with E-state index in [1.54, 1.807) is 30.8 Å². The topological polar surface area (TPSA) is 92.3 Å². The number of benzene rings is 2. The maximum atomic E-state index is 12.5. The maximum Gasteiger partial charge on any atom is 0.348 e. The second-order valence-electron chi connectivity index (χ2n) is 6.67. The summed E-state index contributed by atoms with van der Waals surface area (Å²) in [5.41, 5.74) is 1.53. The highest BCUT2D eigenvalue weighted by molar-refractivity contribution is 7.99. The van der Waals surface area contributed by atoms with Crippen LogP contribution in [0.4, 0.5) is 5.69 Å². The van der Waals surface area contributed by atoms with Crippen molar-refractivity contribution in [2.75, 3.05) is 7.11 Å². The van der Waals surface area contributed by atoms with Crippen LogP contribution >= 0.6 is 11.8 Å². The molecule has 6 nitrogen and oxygen atoms in total. The molecule has 2 N–H and O–H groups in total. The highest BCUT2D eigenvalue weighted by Gasteiger charge is 2.26. The Labute approximate surface area is 171 Å². The highest BCUT2D eigenvalue weighted by atomic mass is 32.2. The first-order valence-corrected chi connectivity index (χ1v) is 9.88. The summed E-state index contributed by atoms with van der Waals surface area (Å²) in [7, 11) is 1.50. The van der Waals surface area contributed by atoms with Gasteiger partial charge in [-0.1, -0.05) is 18.2 Å². The van der Waals surface area contributed by atoms with Gasteiger partial charge in [0.05, 0.1) is 18.5 Å². The largest absolute Gasteiger partial charge is 0.507 e. The van der Waals surface area contributed by atoms with E-state index in [0.29, 0.717) is 23.6 Å². The maximum absolute atomic E-state index is 12.5. The minimum Gasteiger partial charge on any atom is -0.507 e. The summed E-state index contributed by atoms with van der Waals surface area (Å²) in [6.07, 6.45) is 0.384. The van der Waals surface area contributed by atoms with E-state index in [9.17, 15) is 15.0 Å². The number of aliphatic imine (C=N–C) groups is 1. The first-order chi connectivity index (χ1) is 14.0. The number of aromatic hydroxyl groups is 2. The number of hydrogen-bond acceptors (Lipinski definition) is 7. The van der Waals surface area contributed by atoms with Crippen molar-refractivity contribution in [3.05, 3.63) is 75.8 Å². The first-order valence-electron chi connectivity index (χ1n) is 9.00. The molecule has 0 aliphatic carbocycles. The third kappa shape index (κ3) is 3.73. The molecule has 1 aromatic heterocycles. The molecular weight excluding hydrogens is 390 g/mol. The molecule has 0 amide bonds. The Hall–Kier alpha value is -3.19. The van der Waals surface area contributed by atoms with E-state index in [2.05, 4.69) is 0 Å². The van der Waals surface area contributed by atoms with Crippen LogP contribution in [0.1, 0.15) is 28.6 Å². The van der Waals surface area contributed by atoms with E-state index in [4.69, 9.17) is 14.1 Å². The number of nitrogens with zero attached hydrogens (tertiary/aromatic N) is 1. The lowest BCUT2D eigenvalue weighted by atomic mass is 10.0. The van der Waals surface area contributed by atoms with Gasteiger partial charge in [0.2, 0.25) is 0 Å². The quantitative estimate of drug-likeness (QED) is 0.650. The summed E-state index contributed by atoms with van der Waals surface area (Å²) in [6.45, 7) is 1.61. The van der Waals surface area contributed by atoms with E-state index in [1.165, 1.54) is 13.2 Å². The van der Waals surface area contributed by atoms with Gasteiger partial charge >= 0.3 is 5.63 Å². The van der Waals surface area contributed by atoms with Crippen molar-refractivity contribution in [1.82, 2.24) is 0 Å². The van der Waals surface area contributed by atoms with Crippen LogP contribution < -0.4 is 10.4 Å². The number of rotatable bonds is 3. The zero-order valence-electron chi connectivity index (χ0n) is 15.9. The number of methoxy groups -OCH3 is 1. The number of hydrogen-bond donors (Lipinski definition) is 2. The molecule has 2 heterocycles. The smallest absolute Gasteiger partial charge is 0.348 e. The van der Waals surface area contributed by atoms with Crippen molar-refractivity contribution < 1.29 is 19.4 Å². The fourth-order valence-corrected chi connectivity index (χ4v) is 4.53. The lowest BCUT2D eigenvalue weighted by Gasteiger charge is -2.17. The molecule has 0 fully saturated rings. The number of phenols is 1. The van der Waals surface area contributed by atoms with Gasteiger partial charge in [-0.2, -0.15) is 0 Å². The summed E-state index contributed by atoms with van der Waals surface area (Å²) in [5.74, 6) is 0.613. The van der Waals surface area contributed by atoms with Crippen LogP contribution in [-0.4, -0.2) is 23.0 Å². The van der Waals surface area contributed by atoms with Gasteiger partial charge in [0.15, 0.2) is 11.5 Å². The standard InChI is InChI=1S/C22H19NO5S/c1-12-9-17(25)21(22(26)28-12)15-11-20(13-7-8-16(24)18(10-13)27-2)29-19-6-4-3-5-14(19)23-15/h3-10,20,24-25H,11H2,1-2H3/t20-/m0/s1. The number of ether oxygens (including phenoxy) is 1. The van der Waals surface area contributed by atoms with E-state index >= 15 is 0 Å². The van der Waals surface area contributed by atoms with Crippen molar-refractivity contribution in [2.24, 2.45) is 4.99 Å². The van der Waals surface area contributed by atoms with Crippen molar-refractivity contribution in [3.63, 3.8) is 0 Å². The first kappa shape index (κ1) is 19.1. The second kappa shape index (κ2) is 7.67. The lowest BCUT2D eigenvalue weighted by molar-refractivity contribution is 0.373. The van der Waals surface area contributed by atoms with Crippen LogP contribution in [-0.2, 0) is 0 Å². The predicted octanol–water partition coefficient (Wildman–Crippen LogP) is 4.73. The van der Waals surface area contributed by atoms with Gasteiger partial charge < -0.3 is 19.4 Å². The van der Waals surface area contributed by atoms with Gasteiger partial charge in [-0.05, 0) is 36.8 Å². The minimum absolute atomic E-state index is 0.0565. The van der Waals surface area contributed by atoms with Crippen LogP contribution in [0.3, 0.4) is 0 Å². The summed E-state index contributed by atoms with van der Waals surface area (Å²) >= 11 is 1.60. The Bertz CT molecular complexity index is 1170. The van der Waals surface area contributed by atoms with Gasteiger partial charge in [0.25, 0.3) is 0 Å². The van der Waals surface area contributed by atoms with E-state index in [1.807, 2.05) is 30.3 Å². The van der Waals surface area contributed by atoms with Crippen molar-refractivity contribution in [3.8, 4) is 17.2 Å². The molecule has 0 saturated heterocycles.